The molecular formula is C33H49NO3. The zero-order valence-electron chi connectivity index (χ0n) is 23.3. The number of carboxylic acid groups (broad SMARTS) is 1. The van der Waals surface area contributed by atoms with Gasteiger partial charge in [-0.25, -0.2) is 4.79 Å². The van der Waals surface area contributed by atoms with Crippen LogP contribution in [0.4, 0.5) is 5.69 Å². The molecule has 2 rings (SSSR count). The van der Waals surface area contributed by atoms with Gasteiger partial charge in [0.2, 0.25) is 0 Å². The Morgan fingerprint density at radius 2 is 1.46 bits per heavy atom. The molecule has 1 aromatic carbocycles. The summed E-state index contributed by atoms with van der Waals surface area (Å²) < 4.78 is 5.90. The number of carbonyl (C=O) groups is 1. The Morgan fingerprint density at radius 3 is 2.05 bits per heavy atom. The second-order valence-corrected chi connectivity index (χ2v) is 10.1. The van der Waals surface area contributed by atoms with Crippen molar-refractivity contribution in [3.63, 3.8) is 0 Å². The lowest BCUT2D eigenvalue weighted by atomic mass is 9.87. The second kappa shape index (κ2) is 19.5. The number of hydrogen-bond donors (Lipinski definition) is 1. The predicted octanol–water partition coefficient (Wildman–Crippen LogP) is 9.78. The summed E-state index contributed by atoms with van der Waals surface area (Å²) in [5.74, 6) is -0.197. The molecule has 0 fully saturated rings. The lowest BCUT2D eigenvalue weighted by Crippen LogP contribution is -2.21. The molecule has 37 heavy (non-hydrogen) atoms. The summed E-state index contributed by atoms with van der Waals surface area (Å²) >= 11 is 0. The Kier molecular flexibility index (Phi) is 16.1. The first kappa shape index (κ1) is 30.6. The number of aliphatic carboxylic acids is 1. The Bertz CT molecular complexity index is 879. The van der Waals surface area contributed by atoms with Crippen LogP contribution in [0.5, 0.6) is 5.75 Å². The van der Waals surface area contributed by atoms with Crippen LogP contribution in [0.15, 0.2) is 65.2 Å². The van der Waals surface area contributed by atoms with E-state index in [1.807, 2.05) is 37.3 Å². The normalized spacial score (nSPS) is 16.4. The van der Waals surface area contributed by atoms with Crippen molar-refractivity contribution < 1.29 is 14.6 Å². The number of carboxylic acids is 1. The summed E-state index contributed by atoms with van der Waals surface area (Å²) in [6.07, 6.45) is 29.1. The largest absolute Gasteiger partial charge is 0.494 e. The van der Waals surface area contributed by atoms with Crippen molar-refractivity contribution in [2.24, 2.45) is 10.9 Å². The van der Waals surface area contributed by atoms with Gasteiger partial charge in [0.15, 0.2) is 0 Å². The van der Waals surface area contributed by atoms with Crippen LogP contribution in [0.3, 0.4) is 0 Å². The maximum atomic E-state index is 11.5. The van der Waals surface area contributed by atoms with Crippen LogP contribution in [0.1, 0.15) is 110 Å². The summed E-state index contributed by atoms with van der Waals surface area (Å²) in [7, 11) is 0. The molecule has 0 saturated carbocycles. The van der Waals surface area contributed by atoms with Crippen LogP contribution in [0.2, 0.25) is 0 Å². The molecule has 1 N–H and O–H groups in total. The predicted molar refractivity (Wildman–Crippen MR) is 157 cm³/mol. The SMILES string of the molecule is CCCCCCCC/C=C\CCCCCCCCOc1ccc(N=C2C=CC=C(C(=O)O)C2CC)cc1. The highest BCUT2D eigenvalue weighted by Crippen LogP contribution is 2.26. The number of ether oxygens (including phenoxy) is 1. The minimum Gasteiger partial charge on any atom is -0.494 e. The Labute approximate surface area is 225 Å². The summed E-state index contributed by atoms with van der Waals surface area (Å²) in [5, 5.41) is 9.43. The fourth-order valence-electron chi connectivity index (χ4n) is 4.71. The van der Waals surface area contributed by atoms with Gasteiger partial charge in [0.1, 0.15) is 5.75 Å². The average molecular weight is 508 g/mol. The van der Waals surface area contributed by atoms with E-state index < -0.39 is 5.97 Å². The van der Waals surface area contributed by atoms with Crippen molar-refractivity contribution in [2.45, 2.75) is 110 Å². The van der Waals surface area contributed by atoms with Gasteiger partial charge in [-0.05, 0) is 68.9 Å². The van der Waals surface area contributed by atoms with Gasteiger partial charge in [0.25, 0.3) is 0 Å². The highest BCUT2D eigenvalue weighted by atomic mass is 16.5. The van der Waals surface area contributed by atoms with Crippen LogP contribution < -0.4 is 4.74 Å². The number of rotatable bonds is 20. The summed E-state index contributed by atoms with van der Waals surface area (Å²) in [4.78, 5) is 16.2. The van der Waals surface area contributed by atoms with E-state index in [0.29, 0.717) is 12.0 Å². The fourth-order valence-corrected chi connectivity index (χ4v) is 4.71. The number of unbranched alkanes of at least 4 members (excludes halogenated alkanes) is 12. The molecule has 1 atom stereocenters. The van der Waals surface area contributed by atoms with E-state index in [1.165, 1.54) is 83.5 Å². The minimum absolute atomic E-state index is 0.176. The van der Waals surface area contributed by atoms with E-state index in [0.717, 1.165) is 30.2 Å². The lowest BCUT2D eigenvalue weighted by molar-refractivity contribution is -0.133. The number of nitrogens with zero attached hydrogens (tertiary/aromatic N) is 1. The maximum Gasteiger partial charge on any atom is 0.332 e. The van der Waals surface area contributed by atoms with Gasteiger partial charge in [-0.2, -0.15) is 0 Å². The lowest BCUT2D eigenvalue weighted by Gasteiger charge is -2.19. The highest BCUT2D eigenvalue weighted by Gasteiger charge is 2.24. The third kappa shape index (κ3) is 13.0. The number of hydrogen-bond acceptors (Lipinski definition) is 3. The number of allylic oxidation sites excluding steroid dienone is 5. The zero-order chi connectivity index (χ0) is 26.6. The molecule has 0 radical (unpaired) electrons. The van der Waals surface area contributed by atoms with E-state index in [4.69, 9.17) is 9.73 Å². The topological polar surface area (TPSA) is 58.9 Å². The Morgan fingerprint density at radius 1 is 0.865 bits per heavy atom. The minimum atomic E-state index is -0.876. The Balaban J connectivity index is 1.51. The molecule has 1 aromatic rings. The second-order valence-electron chi connectivity index (χ2n) is 10.1. The first-order valence-corrected chi connectivity index (χ1v) is 14.7. The van der Waals surface area contributed by atoms with Crippen molar-refractivity contribution in [1.29, 1.82) is 0 Å². The van der Waals surface area contributed by atoms with Gasteiger partial charge in [-0.1, -0.05) is 95.9 Å². The van der Waals surface area contributed by atoms with Gasteiger partial charge < -0.3 is 9.84 Å². The fraction of sp³-hybridized carbons (Fsp3) is 0.576. The third-order valence-electron chi connectivity index (χ3n) is 6.95. The maximum absolute atomic E-state index is 11.5. The molecule has 0 bridgehead atoms. The molecule has 1 aliphatic carbocycles. The van der Waals surface area contributed by atoms with E-state index in [2.05, 4.69) is 19.1 Å². The molecule has 0 aliphatic heterocycles. The molecule has 1 aliphatic rings. The van der Waals surface area contributed by atoms with Gasteiger partial charge >= 0.3 is 5.97 Å². The number of aliphatic imine (C=N–C) groups is 1. The van der Waals surface area contributed by atoms with Crippen molar-refractivity contribution in [3.05, 3.63) is 60.2 Å². The molecule has 1 unspecified atom stereocenters. The van der Waals surface area contributed by atoms with Crippen LogP contribution in [-0.2, 0) is 4.79 Å². The van der Waals surface area contributed by atoms with E-state index in [9.17, 15) is 9.90 Å². The molecule has 0 aromatic heterocycles. The van der Waals surface area contributed by atoms with E-state index in [1.54, 1.807) is 12.2 Å². The highest BCUT2D eigenvalue weighted by molar-refractivity contribution is 6.07. The van der Waals surface area contributed by atoms with Crippen molar-refractivity contribution >= 4 is 17.4 Å². The van der Waals surface area contributed by atoms with Crippen molar-refractivity contribution in [2.75, 3.05) is 6.61 Å². The molecular weight excluding hydrogens is 458 g/mol. The van der Waals surface area contributed by atoms with Crippen molar-refractivity contribution in [1.82, 2.24) is 0 Å². The molecule has 4 nitrogen and oxygen atoms in total. The summed E-state index contributed by atoms with van der Waals surface area (Å²) in [6, 6.07) is 7.76. The average Bonchev–Trinajstić information content (AvgIpc) is 2.91. The van der Waals surface area contributed by atoms with E-state index >= 15 is 0 Å². The van der Waals surface area contributed by atoms with Crippen LogP contribution in [0, 0.1) is 5.92 Å². The van der Waals surface area contributed by atoms with Crippen LogP contribution in [-0.4, -0.2) is 23.4 Å². The molecule has 0 spiro atoms. The molecule has 0 amide bonds. The summed E-state index contributed by atoms with van der Waals surface area (Å²) in [6.45, 7) is 5.00. The first-order valence-electron chi connectivity index (χ1n) is 14.7. The molecule has 4 heteroatoms. The van der Waals surface area contributed by atoms with E-state index in [-0.39, 0.29) is 5.92 Å². The van der Waals surface area contributed by atoms with Crippen LogP contribution in [0.25, 0.3) is 0 Å². The van der Waals surface area contributed by atoms with Gasteiger partial charge in [0, 0.05) is 17.2 Å². The van der Waals surface area contributed by atoms with Crippen LogP contribution >= 0.6 is 0 Å². The van der Waals surface area contributed by atoms with Gasteiger partial charge in [-0.15, -0.1) is 0 Å². The zero-order valence-corrected chi connectivity index (χ0v) is 23.3. The first-order chi connectivity index (χ1) is 18.2. The van der Waals surface area contributed by atoms with Gasteiger partial charge in [-0.3, -0.25) is 4.99 Å². The summed E-state index contributed by atoms with van der Waals surface area (Å²) in [5.41, 5.74) is 2.01. The van der Waals surface area contributed by atoms with Crippen molar-refractivity contribution in [3.8, 4) is 5.75 Å². The Hall–Kier alpha value is -2.62. The third-order valence-corrected chi connectivity index (χ3v) is 6.95. The monoisotopic (exact) mass is 507 g/mol. The smallest absolute Gasteiger partial charge is 0.332 e. The standard InChI is InChI=1S/C33H49NO3/c1-3-5-6-7-8-9-10-11-12-13-14-15-16-17-18-19-27-37-29-25-23-28(24-26-29)34-32-22-20-21-31(33(35)36)30(32)4-2/h11-12,20-26,30H,3-10,13-19,27H2,1-2H3,(H,35,36)/b12-11-,34-32?. The molecule has 204 valence electrons. The quantitative estimate of drug-likeness (QED) is 0.141. The number of benzene rings is 1. The molecule has 0 heterocycles. The van der Waals surface area contributed by atoms with Gasteiger partial charge in [0.05, 0.1) is 12.3 Å². The molecule has 0 saturated heterocycles.